The van der Waals surface area contributed by atoms with Crippen molar-refractivity contribution >= 4 is 17.6 Å². The number of hydrogen-bond donors (Lipinski definition) is 4. The molecule has 0 unspecified atom stereocenters. The Hall–Kier alpha value is -3.49. The number of benzene rings is 2. The van der Waals surface area contributed by atoms with Crippen LogP contribution in [0.1, 0.15) is 41.5 Å². The highest BCUT2D eigenvalue weighted by Crippen LogP contribution is 2.36. The molecule has 0 radical (unpaired) electrons. The van der Waals surface area contributed by atoms with E-state index in [1.807, 2.05) is 0 Å². The molecule has 2 aromatic rings. The molecule has 2 rings (SSSR count). The second kappa shape index (κ2) is 15.7. The van der Waals surface area contributed by atoms with E-state index in [0.717, 1.165) is 5.56 Å². The molecule has 42 heavy (non-hydrogen) atoms. The summed E-state index contributed by atoms with van der Waals surface area (Å²) in [6.07, 6.45) is -10.9. The number of nitrogens with zero attached hydrogens (tertiary/aromatic N) is 1. The number of halogens is 6. The van der Waals surface area contributed by atoms with E-state index in [0.29, 0.717) is 18.6 Å². The molecule has 0 aliphatic carbocycles. The Morgan fingerprint density at radius 3 is 1.86 bits per heavy atom. The van der Waals surface area contributed by atoms with Crippen molar-refractivity contribution in [2.24, 2.45) is 17.2 Å². The van der Waals surface area contributed by atoms with Gasteiger partial charge in [0, 0.05) is 32.6 Å². The summed E-state index contributed by atoms with van der Waals surface area (Å²) in [5, 5.41) is 2.51. The molecule has 8 nitrogen and oxygen atoms in total. The quantitative estimate of drug-likeness (QED) is 0.231. The maximum absolute atomic E-state index is 13.2. The highest BCUT2D eigenvalue weighted by molar-refractivity contribution is 5.93. The minimum Gasteiger partial charge on any atom is -0.345 e. The minimum atomic E-state index is -5.02. The Labute approximate surface area is 239 Å². The molecular formula is C28H35F6N5O3. The van der Waals surface area contributed by atoms with Gasteiger partial charge in [0.25, 0.3) is 0 Å². The van der Waals surface area contributed by atoms with Gasteiger partial charge in [-0.3, -0.25) is 14.4 Å². The first-order chi connectivity index (χ1) is 19.6. The van der Waals surface area contributed by atoms with E-state index in [1.54, 1.807) is 30.3 Å². The summed E-state index contributed by atoms with van der Waals surface area (Å²) in [6.45, 7) is 0.738. The van der Waals surface area contributed by atoms with Crippen LogP contribution < -0.4 is 22.5 Å². The zero-order valence-electron chi connectivity index (χ0n) is 22.8. The number of nitrogens with two attached hydrogens (primary N) is 3. The Balaban J connectivity index is 2.19. The monoisotopic (exact) mass is 603 g/mol. The Bertz CT molecular complexity index is 1150. The number of rotatable bonds is 15. The van der Waals surface area contributed by atoms with Crippen LogP contribution in [-0.2, 0) is 39.6 Å². The smallest absolute Gasteiger partial charge is 0.345 e. The van der Waals surface area contributed by atoms with Gasteiger partial charge in [0.05, 0.1) is 29.6 Å². The summed E-state index contributed by atoms with van der Waals surface area (Å²) in [5.74, 6) is -1.89. The molecule has 0 aromatic heterocycles. The van der Waals surface area contributed by atoms with E-state index in [9.17, 15) is 40.7 Å². The lowest BCUT2D eigenvalue weighted by atomic mass is 9.96. The fourth-order valence-corrected chi connectivity index (χ4v) is 4.24. The van der Waals surface area contributed by atoms with Crippen LogP contribution in [0.5, 0.6) is 0 Å². The van der Waals surface area contributed by atoms with Crippen molar-refractivity contribution in [1.82, 2.24) is 10.2 Å². The Morgan fingerprint density at radius 1 is 0.810 bits per heavy atom. The van der Waals surface area contributed by atoms with E-state index in [2.05, 4.69) is 5.32 Å². The van der Waals surface area contributed by atoms with Gasteiger partial charge in [0.1, 0.15) is 0 Å². The number of carbonyl (C=O) groups is 3. The molecule has 2 amide bonds. The van der Waals surface area contributed by atoms with Crippen molar-refractivity contribution in [3.63, 3.8) is 0 Å². The summed E-state index contributed by atoms with van der Waals surface area (Å²) < 4.78 is 79.4. The average Bonchev–Trinajstić information content (AvgIpc) is 2.93. The summed E-state index contributed by atoms with van der Waals surface area (Å²) >= 11 is 0. The van der Waals surface area contributed by atoms with E-state index in [-0.39, 0.29) is 44.2 Å². The Kier molecular flexibility index (Phi) is 12.9. The first-order valence-corrected chi connectivity index (χ1v) is 13.2. The van der Waals surface area contributed by atoms with Crippen molar-refractivity contribution in [3.8, 4) is 0 Å². The summed E-state index contributed by atoms with van der Waals surface area (Å²) in [6, 6.07) is 7.56. The number of hydrogen-bond acceptors (Lipinski definition) is 6. The van der Waals surface area contributed by atoms with Crippen molar-refractivity contribution in [2.45, 2.75) is 56.5 Å². The highest BCUT2D eigenvalue weighted by Gasteiger charge is 2.37. The van der Waals surface area contributed by atoms with Crippen LogP contribution in [0.2, 0.25) is 0 Å². The molecule has 0 aliphatic rings. The van der Waals surface area contributed by atoms with Crippen LogP contribution in [0.15, 0.2) is 48.5 Å². The number of ketones is 1. The third-order valence-electron chi connectivity index (χ3n) is 6.46. The third kappa shape index (κ3) is 11.1. The van der Waals surface area contributed by atoms with Crippen LogP contribution >= 0.6 is 0 Å². The zero-order chi connectivity index (χ0) is 31.5. The molecule has 0 fully saturated rings. The fraction of sp³-hybridized carbons (Fsp3) is 0.464. The lowest BCUT2D eigenvalue weighted by molar-refractivity contribution is -0.143. The number of Topliss-reactive ketones (excluding diaryl/α,β-unsaturated/α-hetero) is 1. The summed E-state index contributed by atoms with van der Waals surface area (Å²) in [4.78, 5) is 39.9. The standard InChI is InChI=1S/C28H35F6N5O3/c29-27(30,31)20-14-19(15-21(16-20)28(32,33)34)7-9-24(40)23(8-6-18-4-2-1-3-5-18)38-26(42)22(37)17-25(41)39(12-10-35)13-11-36/h1-5,14-16,22-23H,6-13,17,35-37H2,(H,38,42)/t22-,23-/m0/s1. The normalized spacial score (nSPS) is 13.4. The maximum atomic E-state index is 13.2. The molecule has 0 spiro atoms. The van der Waals surface area contributed by atoms with Crippen molar-refractivity contribution in [1.29, 1.82) is 0 Å². The summed E-state index contributed by atoms with van der Waals surface area (Å²) in [7, 11) is 0. The SMILES string of the molecule is NCCN(CCN)C(=O)C[C@H](N)C(=O)N[C@@H](CCc1ccccc1)C(=O)CCc1cc(C(F)(F)F)cc(C(F)(F)F)c1. The van der Waals surface area contributed by atoms with Crippen molar-refractivity contribution in [3.05, 3.63) is 70.8 Å². The number of amides is 2. The van der Waals surface area contributed by atoms with Crippen molar-refractivity contribution < 1.29 is 40.7 Å². The van der Waals surface area contributed by atoms with Gasteiger partial charge in [-0.2, -0.15) is 26.3 Å². The molecule has 0 bridgehead atoms. The first-order valence-electron chi connectivity index (χ1n) is 13.2. The molecule has 0 saturated heterocycles. The first kappa shape index (κ1) is 34.7. The predicted molar refractivity (Wildman–Crippen MR) is 144 cm³/mol. The molecule has 2 atom stereocenters. The summed E-state index contributed by atoms with van der Waals surface area (Å²) in [5.41, 5.74) is 14.5. The second-order valence-electron chi connectivity index (χ2n) is 9.73. The van der Waals surface area contributed by atoms with Crippen LogP contribution in [0.4, 0.5) is 26.3 Å². The van der Waals surface area contributed by atoms with Gasteiger partial charge in [-0.05, 0) is 48.6 Å². The number of alkyl halides is 6. The van der Waals surface area contributed by atoms with E-state index >= 15 is 0 Å². The molecular weight excluding hydrogens is 568 g/mol. The average molecular weight is 604 g/mol. The molecule has 2 aromatic carbocycles. The molecule has 0 saturated carbocycles. The third-order valence-corrected chi connectivity index (χ3v) is 6.46. The zero-order valence-corrected chi connectivity index (χ0v) is 22.8. The Morgan fingerprint density at radius 2 is 1.36 bits per heavy atom. The highest BCUT2D eigenvalue weighted by atomic mass is 19.4. The van der Waals surface area contributed by atoms with Gasteiger partial charge >= 0.3 is 12.4 Å². The number of carbonyl (C=O) groups excluding carboxylic acids is 3. The van der Waals surface area contributed by atoms with E-state index in [4.69, 9.17) is 17.2 Å². The molecule has 0 aliphatic heterocycles. The predicted octanol–water partition coefficient (Wildman–Crippen LogP) is 2.81. The lowest BCUT2D eigenvalue weighted by Crippen LogP contribution is -2.51. The van der Waals surface area contributed by atoms with Crippen LogP contribution in [0.25, 0.3) is 0 Å². The van der Waals surface area contributed by atoms with E-state index < -0.39 is 72.4 Å². The van der Waals surface area contributed by atoms with Crippen LogP contribution in [0, 0.1) is 0 Å². The van der Waals surface area contributed by atoms with Gasteiger partial charge in [-0.25, -0.2) is 0 Å². The van der Waals surface area contributed by atoms with Gasteiger partial charge in [0.2, 0.25) is 11.8 Å². The van der Waals surface area contributed by atoms with E-state index in [1.165, 1.54) is 4.90 Å². The topological polar surface area (TPSA) is 145 Å². The number of nitrogens with one attached hydrogen (secondary N) is 1. The fourth-order valence-electron chi connectivity index (χ4n) is 4.24. The van der Waals surface area contributed by atoms with Crippen LogP contribution in [-0.4, -0.2) is 60.8 Å². The van der Waals surface area contributed by atoms with Gasteiger partial charge in [-0.1, -0.05) is 30.3 Å². The largest absolute Gasteiger partial charge is 0.416 e. The van der Waals surface area contributed by atoms with Gasteiger partial charge in [-0.15, -0.1) is 0 Å². The second-order valence-corrected chi connectivity index (χ2v) is 9.73. The van der Waals surface area contributed by atoms with Gasteiger partial charge in [0.15, 0.2) is 5.78 Å². The molecule has 232 valence electrons. The molecule has 14 heteroatoms. The lowest BCUT2D eigenvalue weighted by Gasteiger charge is -2.24. The molecule has 0 heterocycles. The van der Waals surface area contributed by atoms with Crippen LogP contribution in [0.3, 0.4) is 0 Å². The van der Waals surface area contributed by atoms with Crippen molar-refractivity contribution in [2.75, 3.05) is 26.2 Å². The molecule has 7 N–H and O–H groups in total. The van der Waals surface area contributed by atoms with Gasteiger partial charge < -0.3 is 27.4 Å². The maximum Gasteiger partial charge on any atom is 0.416 e. The number of aryl methyl sites for hydroxylation is 2. The minimum absolute atomic E-state index is 0.0130.